The van der Waals surface area contributed by atoms with Crippen molar-refractivity contribution in [2.24, 2.45) is 0 Å². The lowest BCUT2D eigenvalue weighted by atomic mass is 10.1. The van der Waals surface area contributed by atoms with E-state index in [2.05, 4.69) is 9.97 Å². The fourth-order valence-corrected chi connectivity index (χ4v) is 2.79. The van der Waals surface area contributed by atoms with Gasteiger partial charge in [-0.3, -0.25) is 14.6 Å². The summed E-state index contributed by atoms with van der Waals surface area (Å²) in [6.07, 6.45) is 0.953. The first-order valence-corrected chi connectivity index (χ1v) is 7.18. The topological polar surface area (TPSA) is 99.2 Å². The van der Waals surface area contributed by atoms with Crippen molar-refractivity contribution in [2.45, 2.75) is 25.7 Å². The molecule has 1 aliphatic rings. The second-order valence-corrected chi connectivity index (χ2v) is 5.56. The molecule has 1 fully saturated rings. The number of aryl methyl sites for hydroxylation is 1. The summed E-state index contributed by atoms with van der Waals surface area (Å²) in [5.41, 5.74) is -0.356. The average molecular weight is 303 g/mol. The van der Waals surface area contributed by atoms with E-state index in [1.807, 2.05) is 13.0 Å². The molecule has 0 radical (unpaired) electrons. The van der Waals surface area contributed by atoms with Crippen LogP contribution in [-0.2, 0) is 11.2 Å². The second-order valence-electron chi connectivity index (χ2n) is 5.56. The molecule has 2 aromatic heterocycles. The van der Waals surface area contributed by atoms with Crippen molar-refractivity contribution in [1.82, 2.24) is 14.9 Å². The van der Waals surface area contributed by atoms with Crippen molar-refractivity contribution < 1.29 is 9.21 Å². The molecule has 0 aliphatic carbocycles. The molecule has 7 nitrogen and oxygen atoms in total. The quantitative estimate of drug-likeness (QED) is 0.863. The SMILES string of the molecule is Cc1ccc(CC(=O)N2CCC(c3cc(=O)[nH]c(=O)[nH]3)C2)o1. The molecule has 0 spiro atoms. The minimum absolute atomic E-state index is 0.0102. The van der Waals surface area contributed by atoms with E-state index in [0.29, 0.717) is 24.5 Å². The first-order valence-electron chi connectivity index (χ1n) is 7.18. The average Bonchev–Trinajstić information content (AvgIpc) is 3.07. The van der Waals surface area contributed by atoms with Crippen molar-refractivity contribution in [1.29, 1.82) is 0 Å². The number of aromatic nitrogens is 2. The maximum Gasteiger partial charge on any atom is 0.325 e. The number of likely N-dealkylation sites (tertiary alicyclic amines) is 1. The number of carbonyl (C=O) groups is 1. The van der Waals surface area contributed by atoms with E-state index < -0.39 is 11.2 Å². The van der Waals surface area contributed by atoms with Gasteiger partial charge in [0.05, 0.1) is 6.42 Å². The maximum absolute atomic E-state index is 12.3. The van der Waals surface area contributed by atoms with E-state index in [1.54, 1.807) is 11.0 Å². The molecular formula is C15H17N3O4. The standard InChI is InChI=1S/C15H17N3O4/c1-9-2-3-11(22-9)6-14(20)18-5-4-10(8-18)12-7-13(19)17-15(21)16-12/h2-3,7,10H,4-6,8H2,1H3,(H2,16,17,19,21). The predicted molar refractivity (Wildman–Crippen MR) is 78.8 cm³/mol. The number of aromatic amines is 2. The van der Waals surface area contributed by atoms with Crippen molar-refractivity contribution in [3.63, 3.8) is 0 Å². The molecular weight excluding hydrogens is 286 g/mol. The summed E-state index contributed by atoms with van der Waals surface area (Å²) < 4.78 is 5.42. The minimum atomic E-state index is -0.515. The van der Waals surface area contributed by atoms with Gasteiger partial charge in [-0.05, 0) is 25.5 Å². The van der Waals surface area contributed by atoms with Gasteiger partial charge in [-0.25, -0.2) is 4.79 Å². The van der Waals surface area contributed by atoms with Gasteiger partial charge >= 0.3 is 5.69 Å². The van der Waals surface area contributed by atoms with Gasteiger partial charge in [0.25, 0.3) is 5.56 Å². The Labute approximate surface area is 126 Å². The third-order valence-corrected chi connectivity index (χ3v) is 3.88. The van der Waals surface area contributed by atoms with Crippen LogP contribution in [0.4, 0.5) is 0 Å². The van der Waals surface area contributed by atoms with E-state index in [4.69, 9.17) is 4.42 Å². The molecule has 1 saturated heterocycles. The highest BCUT2D eigenvalue weighted by Crippen LogP contribution is 2.25. The van der Waals surface area contributed by atoms with Crippen LogP contribution in [0.1, 0.15) is 29.6 Å². The third-order valence-electron chi connectivity index (χ3n) is 3.88. The Kier molecular flexibility index (Phi) is 3.70. The number of nitrogens with one attached hydrogen (secondary N) is 2. The van der Waals surface area contributed by atoms with Gasteiger partial charge in [-0.2, -0.15) is 0 Å². The Balaban J connectivity index is 1.67. The molecule has 1 atom stereocenters. The number of hydrogen-bond acceptors (Lipinski definition) is 4. The number of hydrogen-bond donors (Lipinski definition) is 2. The summed E-state index contributed by atoms with van der Waals surface area (Å²) in [6.45, 7) is 2.94. The van der Waals surface area contributed by atoms with Crippen molar-refractivity contribution in [2.75, 3.05) is 13.1 Å². The van der Waals surface area contributed by atoms with Gasteiger partial charge in [0.15, 0.2) is 0 Å². The maximum atomic E-state index is 12.3. The lowest BCUT2D eigenvalue weighted by molar-refractivity contribution is -0.129. The molecule has 1 amide bonds. The van der Waals surface area contributed by atoms with Crippen LogP contribution < -0.4 is 11.2 Å². The first-order chi connectivity index (χ1) is 10.5. The van der Waals surface area contributed by atoms with Crippen LogP contribution in [0.25, 0.3) is 0 Å². The molecule has 2 N–H and O–H groups in total. The lowest BCUT2D eigenvalue weighted by Gasteiger charge is -2.15. The van der Waals surface area contributed by atoms with Crippen molar-refractivity contribution in [3.8, 4) is 0 Å². The van der Waals surface area contributed by atoms with Crippen LogP contribution in [0, 0.1) is 6.92 Å². The highest BCUT2D eigenvalue weighted by Gasteiger charge is 2.28. The summed E-state index contributed by atoms with van der Waals surface area (Å²) >= 11 is 0. The molecule has 0 saturated carbocycles. The molecule has 1 unspecified atom stereocenters. The number of rotatable bonds is 3. The zero-order valence-corrected chi connectivity index (χ0v) is 12.2. The van der Waals surface area contributed by atoms with Gasteiger partial charge in [0.2, 0.25) is 5.91 Å². The van der Waals surface area contributed by atoms with Crippen LogP contribution in [0.15, 0.2) is 32.2 Å². The van der Waals surface area contributed by atoms with Crippen LogP contribution in [0.5, 0.6) is 0 Å². The van der Waals surface area contributed by atoms with E-state index in [1.165, 1.54) is 6.07 Å². The highest BCUT2D eigenvalue weighted by atomic mass is 16.3. The summed E-state index contributed by atoms with van der Waals surface area (Å²) in [4.78, 5) is 41.5. The smallest absolute Gasteiger partial charge is 0.325 e. The molecule has 0 bridgehead atoms. The van der Waals surface area contributed by atoms with Crippen LogP contribution in [-0.4, -0.2) is 33.9 Å². The van der Waals surface area contributed by atoms with Gasteiger partial charge in [-0.1, -0.05) is 0 Å². The minimum Gasteiger partial charge on any atom is -0.466 e. The summed E-state index contributed by atoms with van der Waals surface area (Å²) in [7, 11) is 0. The molecule has 2 aromatic rings. The van der Waals surface area contributed by atoms with E-state index in [-0.39, 0.29) is 18.2 Å². The zero-order valence-electron chi connectivity index (χ0n) is 12.2. The zero-order chi connectivity index (χ0) is 15.7. The Morgan fingerprint density at radius 2 is 2.18 bits per heavy atom. The third kappa shape index (κ3) is 3.03. The largest absolute Gasteiger partial charge is 0.466 e. The monoisotopic (exact) mass is 303 g/mol. The first kappa shape index (κ1) is 14.4. The van der Waals surface area contributed by atoms with Crippen molar-refractivity contribution in [3.05, 3.63) is 56.3 Å². The summed E-state index contributed by atoms with van der Waals surface area (Å²) in [5.74, 6) is 1.40. The number of H-pyrrole nitrogens is 2. The molecule has 3 heterocycles. The normalized spacial score (nSPS) is 17.9. The lowest BCUT2D eigenvalue weighted by Crippen LogP contribution is -2.30. The molecule has 116 valence electrons. The van der Waals surface area contributed by atoms with E-state index >= 15 is 0 Å². The molecule has 22 heavy (non-hydrogen) atoms. The molecule has 3 rings (SSSR count). The van der Waals surface area contributed by atoms with Gasteiger partial charge in [-0.15, -0.1) is 0 Å². The van der Waals surface area contributed by atoms with Crippen molar-refractivity contribution >= 4 is 5.91 Å². The second kappa shape index (κ2) is 5.67. The number of amides is 1. The summed E-state index contributed by atoms with van der Waals surface area (Å²) in [5, 5.41) is 0. The molecule has 0 aromatic carbocycles. The number of furan rings is 1. The Bertz CT molecular complexity index is 773. The molecule has 1 aliphatic heterocycles. The van der Waals surface area contributed by atoms with Crippen LogP contribution in [0.3, 0.4) is 0 Å². The Hall–Kier alpha value is -2.57. The fourth-order valence-electron chi connectivity index (χ4n) is 2.79. The fraction of sp³-hybridized carbons (Fsp3) is 0.400. The summed E-state index contributed by atoms with van der Waals surface area (Å²) in [6, 6.07) is 5.02. The highest BCUT2D eigenvalue weighted by molar-refractivity contribution is 5.78. The van der Waals surface area contributed by atoms with Gasteiger partial charge in [0.1, 0.15) is 11.5 Å². The van der Waals surface area contributed by atoms with Gasteiger partial charge in [0, 0.05) is 30.8 Å². The van der Waals surface area contributed by atoms with E-state index in [0.717, 1.165) is 12.2 Å². The number of nitrogens with zero attached hydrogens (tertiary/aromatic N) is 1. The van der Waals surface area contributed by atoms with E-state index in [9.17, 15) is 14.4 Å². The van der Waals surface area contributed by atoms with Crippen LogP contribution >= 0.6 is 0 Å². The number of carbonyl (C=O) groups excluding carboxylic acids is 1. The van der Waals surface area contributed by atoms with Gasteiger partial charge < -0.3 is 14.3 Å². The Morgan fingerprint density at radius 1 is 1.36 bits per heavy atom. The van der Waals surface area contributed by atoms with Crippen LogP contribution in [0.2, 0.25) is 0 Å². The Morgan fingerprint density at radius 3 is 2.86 bits per heavy atom. The molecule has 7 heteroatoms. The predicted octanol–water partition coefficient (Wildman–Crippen LogP) is 0.523.